The predicted molar refractivity (Wildman–Crippen MR) is 76.7 cm³/mol. The van der Waals surface area contributed by atoms with Gasteiger partial charge >= 0.3 is 11.6 Å². The van der Waals surface area contributed by atoms with Crippen LogP contribution < -0.4 is 10.4 Å². The molecule has 0 unspecified atom stereocenters. The third-order valence-corrected chi connectivity index (χ3v) is 3.53. The van der Waals surface area contributed by atoms with Crippen molar-refractivity contribution in [2.75, 3.05) is 0 Å². The van der Waals surface area contributed by atoms with Crippen LogP contribution in [-0.2, 0) is 14.3 Å². The lowest BCUT2D eigenvalue weighted by Gasteiger charge is -2.35. The van der Waals surface area contributed by atoms with Crippen molar-refractivity contribution in [2.45, 2.75) is 32.5 Å². The largest absolute Gasteiger partial charge is 0.479 e. The summed E-state index contributed by atoms with van der Waals surface area (Å²) < 4.78 is 16.1. The number of hydrogen-bond acceptors (Lipinski definition) is 6. The minimum atomic E-state index is -1.16. The lowest BCUT2D eigenvalue weighted by molar-refractivity contribution is -0.161. The molecule has 1 aliphatic heterocycles. The average Bonchev–Trinajstić information content (AvgIpc) is 2.42. The summed E-state index contributed by atoms with van der Waals surface area (Å²) in [5.41, 5.74) is -1.23. The van der Waals surface area contributed by atoms with Crippen molar-refractivity contribution in [1.82, 2.24) is 0 Å². The monoisotopic (exact) mass is 302 g/mol. The zero-order chi connectivity index (χ0) is 16.1. The van der Waals surface area contributed by atoms with E-state index in [2.05, 4.69) is 0 Å². The molecule has 0 amide bonds. The molecule has 2 aromatic rings. The van der Waals surface area contributed by atoms with E-state index in [-0.39, 0.29) is 11.1 Å². The van der Waals surface area contributed by atoms with Gasteiger partial charge in [0.15, 0.2) is 11.7 Å². The third-order valence-electron chi connectivity index (χ3n) is 3.53. The molecule has 2 heterocycles. The molecule has 0 fully saturated rings. The smallest absolute Gasteiger partial charge is 0.336 e. The fourth-order valence-electron chi connectivity index (χ4n) is 2.52. The molecular formula is C16H14O6. The molecular weight excluding hydrogens is 288 g/mol. The molecule has 1 aromatic carbocycles. The van der Waals surface area contributed by atoms with E-state index in [1.165, 1.54) is 13.0 Å². The highest BCUT2D eigenvalue weighted by Crippen LogP contribution is 2.42. The molecule has 3 rings (SSSR count). The molecule has 6 nitrogen and oxygen atoms in total. The first-order valence-corrected chi connectivity index (χ1v) is 6.77. The van der Waals surface area contributed by atoms with E-state index in [4.69, 9.17) is 13.9 Å². The lowest BCUT2D eigenvalue weighted by Crippen LogP contribution is -2.46. The molecule has 0 saturated carbocycles. The number of ether oxygens (including phenoxy) is 2. The molecule has 114 valence electrons. The van der Waals surface area contributed by atoms with Gasteiger partial charge in [-0.3, -0.25) is 9.59 Å². The Bertz CT molecular complexity index is 845. The number of rotatable bonds is 1. The molecule has 0 saturated heterocycles. The molecule has 0 bridgehead atoms. The normalized spacial score (nSPS) is 19.4. The maximum Gasteiger partial charge on any atom is 0.336 e. The Labute approximate surface area is 125 Å². The lowest BCUT2D eigenvalue weighted by atomic mass is 9.89. The maximum atomic E-state index is 12.6. The molecule has 1 aliphatic rings. The van der Waals surface area contributed by atoms with Gasteiger partial charge in [-0.1, -0.05) is 0 Å². The van der Waals surface area contributed by atoms with Crippen molar-refractivity contribution >= 4 is 22.7 Å². The van der Waals surface area contributed by atoms with Gasteiger partial charge in [0.25, 0.3) is 0 Å². The first-order valence-electron chi connectivity index (χ1n) is 6.77. The van der Waals surface area contributed by atoms with Crippen LogP contribution in [0.15, 0.2) is 33.5 Å². The molecule has 0 N–H and O–H groups in total. The average molecular weight is 302 g/mol. The van der Waals surface area contributed by atoms with E-state index in [0.717, 1.165) is 0 Å². The topological polar surface area (TPSA) is 82.8 Å². The minimum absolute atomic E-state index is 0.195. The van der Waals surface area contributed by atoms with Crippen molar-refractivity contribution in [1.29, 1.82) is 0 Å². The van der Waals surface area contributed by atoms with Gasteiger partial charge in [0.05, 0.1) is 5.56 Å². The van der Waals surface area contributed by atoms with Gasteiger partial charge in [0.1, 0.15) is 11.3 Å². The summed E-state index contributed by atoms with van der Waals surface area (Å²) in [6.07, 6.45) is -1.16. The Balaban J connectivity index is 2.33. The first-order chi connectivity index (χ1) is 10.3. The number of benzene rings is 1. The van der Waals surface area contributed by atoms with Crippen molar-refractivity contribution in [3.8, 4) is 5.75 Å². The van der Waals surface area contributed by atoms with E-state index in [1.807, 2.05) is 0 Å². The SMILES string of the molecule is CC(=O)O[C@H]1C(=O)C(C)(C)Oc2ccc3ccc(=O)oc3c21. The highest BCUT2D eigenvalue weighted by Gasteiger charge is 2.46. The van der Waals surface area contributed by atoms with Crippen LogP contribution in [0.3, 0.4) is 0 Å². The van der Waals surface area contributed by atoms with Crippen LogP contribution in [0.2, 0.25) is 0 Å². The molecule has 6 heteroatoms. The Hall–Kier alpha value is -2.63. The van der Waals surface area contributed by atoms with Crippen molar-refractivity contribution in [2.24, 2.45) is 0 Å². The standard InChI is InChI=1S/C16H14O6/c1-8(17)20-14-12-10(22-16(2,3)15(14)19)6-4-9-5-7-11(18)21-13(9)12/h4-7,14H,1-3H3/t14-/m1/s1. The highest BCUT2D eigenvalue weighted by molar-refractivity contribution is 5.99. The predicted octanol–water partition coefficient (Wildman–Crippen LogP) is 2.14. The van der Waals surface area contributed by atoms with Gasteiger partial charge in [-0.2, -0.15) is 0 Å². The van der Waals surface area contributed by atoms with Crippen molar-refractivity contribution in [3.05, 3.63) is 40.2 Å². The molecule has 1 atom stereocenters. The number of carbonyl (C=O) groups excluding carboxylic acids is 2. The van der Waals surface area contributed by atoms with E-state index in [1.54, 1.807) is 32.0 Å². The second-order valence-electron chi connectivity index (χ2n) is 5.62. The molecule has 0 aliphatic carbocycles. The highest BCUT2D eigenvalue weighted by atomic mass is 16.6. The summed E-state index contributed by atoms with van der Waals surface area (Å²) in [7, 11) is 0. The molecule has 0 spiro atoms. The zero-order valence-electron chi connectivity index (χ0n) is 12.3. The first kappa shape index (κ1) is 14.3. The van der Waals surface area contributed by atoms with Gasteiger partial charge < -0.3 is 13.9 Å². The second kappa shape index (κ2) is 4.69. The van der Waals surface area contributed by atoms with Crippen LogP contribution in [0.5, 0.6) is 5.75 Å². The number of esters is 1. The Morgan fingerprint density at radius 3 is 2.55 bits per heavy atom. The number of hydrogen-bond donors (Lipinski definition) is 0. The van der Waals surface area contributed by atoms with E-state index < -0.39 is 29.1 Å². The Kier molecular flexibility index (Phi) is 3.05. The number of ketones is 1. The quantitative estimate of drug-likeness (QED) is 0.593. The van der Waals surface area contributed by atoms with Crippen LogP contribution in [-0.4, -0.2) is 17.4 Å². The van der Waals surface area contributed by atoms with Gasteiger partial charge in [-0.15, -0.1) is 0 Å². The number of carbonyl (C=O) groups is 2. The number of Topliss-reactive ketones (excluding diaryl/α,β-unsaturated/α-hetero) is 1. The van der Waals surface area contributed by atoms with Crippen LogP contribution in [0.4, 0.5) is 0 Å². The van der Waals surface area contributed by atoms with Crippen molar-refractivity contribution < 1.29 is 23.5 Å². The van der Waals surface area contributed by atoms with Gasteiger partial charge in [-0.25, -0.2) is 4.79 Å². The molecule has 22 heavy (non-hydrogen) atoms. The van der Waals surface area contributed by atoms with Crippen LogP contribution in [0.1, 0.15) is 32.4 Å². The minimum Gasteiger partial charge on any atom is -0.479 e. The maximum absolute atomic E-state index is 12.6. The summed E-state index contributed by atoms with van der Waals surface area (Å²) in [6.45, 7) is 4.41. The van der Waals surface area contributed by atoms with Crippen LogP contribution in [0, 0.1) is 0 Å². The van der Waals surface area contributed by atoms with E-state index >= 15 is 0 Å². The fourth-order valence-corrected chi connectivity index (χ4v) is 2.52. The Morgan fingerprint density at radius 1 is 1.18 bits per heavy atom. The zero-order valence-corrected chi connectivity index (χ0v) is 12.3. The summed E-state index contributed by atoms with van der Waals surface area (Å²) in [4.78, 5) is 35.4. The third kappa shape index (κ3) is 2.16. The van der Waals surface area contributed by atoms with Crippen molar-refractivity contribution in [3.63, 3.8) is 0 Å². The number of fused-ring (bicyclic) bond motifs is 3. The summed E-state index contributed by atoms with van der Waals surface area (Å²) in [5.74, 6) is -0.649. The van der Waals surface area contributed by atoms with Crippen LogP contribution >= 0.6 is 0 Å². The second-order valence-corrected chi connectivity index (χ2v) is 5.62. The Morgan fingerprint density at radius 2 is 1.86 bits per heavy atom. The molecule has 0 radical (unpaired) electrons. The van der Waals surface area contributed by atoms with E-state index in [0.29, 0.717) is 11.1 Å². The summed E-state index contributed by atoms with van der Waals surface area (Å²) in [6, 6.07) is 6.25. The molecule has 1 aromatic heterocycles. The van der Waals surface area contributed by atoms with Crippen LogP contribution in [0.25, 0.3) is 11.0 Å². The van der Waals surface area contributed by atoms with Gasteiger partial charge in [-0.05, 0) is 32.0 Å². The van der Waals surface area contributed by atoms with E-state index in [9.17, 15) is 14.4 Å². The van der Waals surface area contributed by atoms with Gasteiger partial charge in [0.2, 0.25) is 5.78 Å². The summed E-state index contributed by atoms with van der Waals surface area (Å²) in [5, 5.41) is 0.617. The fraction of sp³-hybridized carbons (Fsp3) is 0.312. The van der Waals surface area contributed by atoms with Gasteiger partial charge in [0, 0.05) is 18.4 Å². The summed E-state index contributed by atoms with van der Waals surface area (Å²) >= 11 is 0.